The van der Waals surface area contributed by atoms with Crippen LogP contribution in [0.5, 0.6) is 0 Å². The van der Waals surface area contributed by atoms with Gasteiger partial charge < -0.3 is 4.74 Å². The minimum absolute atomic E-state index is 0.0324. The molecule has 0 spiro atoms. The number of benzene rings is 1. The molecule has 0 aromatic heterocycles. The summed E-state index contributed by atoms with van der Waals surface area (Å²) in [5.41, 5.74) is -1.78. The molecule has 0 radical (unpaired) electrons. The van der Waals surface area contributed by atoms with Gasteiger partial charge in [0.05, 0.1) is 23.3 Å². The van der Waals surface area contributed by atoms with Gasteiger partial charge in [-0.2, -0.15) is 18.4 Å². The van der Waals surface area contributed by atoms with Crippen LogP contribution in [0.4, 0.5) is 13.2 Å². The Kier molecular flexibility index (Phi) is 4.24. The minimum atomic E-state index is -4.69. The summed E-state index contributed by atoms with van der Waals surface area (Å²) in [5, 5.41) is 8.73. The fraction of sp³-hybridized carbons (Fsp3) is 0.273. The fourth-order valence-corrected chi connectivity index (χ4v) is 1.57. The third-order valence-corrected chi connectivity index (χ3v) is 2.53. The minimum Gasteiger partial charge on any atom is -0.462 e. The number of ether oxygens (including phenoxy) is 1. The van der Waals surface area contributed by atoms with Crippen molar-refractivity contribution >= 4 is 18.6 Å². The lowest BCUT2D eigenvalue weighted by Crippen LogP contribution is -2.12. The normalized spacial score (nSPS) is 10.9. The predicted octanol–water partition coefficient (Wildman–Crippen LogP) is 3.04. The molecule has 1 aromatic carbocycles. The monoisotopic (exact) mass is 275 g/mol. The molecule has 0 unspecified atom stereocenters. The number of halogens is 3. The van der Waals surface area contributed by atoms with Crippen LogP contribution in [0.15, 0.2) is 17.0 Å². The second kappa shape index (κ2) is 5.31. The average Bonchev–Trinajstić information content (AvgIpc) is 2.28. The molecule has 0 bridgehead atoms. The lowest BCUT2D eigenvalue weighted by atomic mass is 10.1. The van der Waals surface area contributed by atoms with E-state index in [1.54, 1.807) is 6.07 Å². The van der Waals surface area contributed by atoms with Crippen LogP contribution in [0, 0.1) is 11.3 Å². The summed E-state index contributed by atoms with van der Waals surface area (Å²) in [4.78, 5) is 10.9. The van der Waals surface area contributed by atoms with Gasteiger partial charge in [0, 0.05) is 4.90 Å². The number of carbonyl (C=O) groups excluding carboxylic acids is 1. The third kappa shape index (κ3) is 2.96. The predicted molar refractivity (Wildman–Crippen MR) is 59.4 cm³/mol. The summed E-state index contributed by atoms with van der Waals surface area (Å²) in [6, 6.07) is 3.21. The van der Waals surface area contributed by atoms with Gasteiger partial charge in [-0.05, 0) is 19.1 Å². The number of thiol groups is 1. The van der Waals surface area contributed by atoms with Gasteiger partial charge in [0.2, 0.25) is 0 Å². The molecular weight excluding hydrogens is 267 g/mol. The number of nitrogens with zero attached hydrogens (tertiary/aromatic N) is 1. The zero-order chi connectivity index (χ0) is 13.9. The molecular formula is C11H8F3NO2S. The Hall–Kier alpha value is -1.68. The zero-order valence-electron chi connectivity index (χ0n) is 9.21. The Morgan fingerprint density at radius 3 is 2.56 bits per heavy atom. The van der Waals surface area contributed by atoms with Gasteiger partial charge in [-0.25, -0.2) is 4.79 Å². The molecule has 0 N–H and O–H groups in total. The molecule has 1 rings (SSSR count). The maximum atomic E-state index is 12.7. The summed E-state index contributed by atoms with van der Waals surface area (Å²) >= 11 is 3.66. The molecule has 0 fully saturated rings. The van der Waals surface area contributed by atoms with E-state index in [2.05, 4.69) is 17.4 Å². The lowest BCUT2D eigenvalue weighted by molar-refractivity contribution is -0.139. The first kappa shape index (κ1) is 14.4. The average molecular weight is 275 g/mol. The van der Waals surface area contributed by atoms with E-state index in [9.17, 15) is 18.0 Å². The van der Waals surface area contributed by atoms with Crippen molar-refractivity contribution in [2.45, 2.75) is 18.0 Å². The van der Waals surface area contributed by atoms with Gasteiger partial charge in [0.15, 0.2) is 0 Å². The van der Waals surface area contributed by atoms with Crippen molar-refractivity contribution < 1.29 is 22.7 Å². The molecule has 0 saturated heterocycles. The Bertz CT molecular complexity index is 520. The van der Waals surface area contributed by atoms with Gasteiger partial charge in [-0.3, -0.25) is 0 Å². The van der Waals surface area contributed by atoms with Crippen molar-refractivity contribution in [2.75, 3.05) is 6.61 Å². The number of esters is 1. The van der Waals surface area contributed by atoms with Crippen molar-refractivity contribution in [3.8, 4) is 6.07 Å². The SMILES string of the molecule is CCOC(=O)c1cc(C#N)c(S)c(C(F)(F)F)c1. The maximum Gasteiger partial charge on any atom is 0.417 e. The molecule has 0 heterocycles. The first-order chi connectivity index (χ1) is 8.31. The van der Waals surface area contributed by atoms with E-state index < -0.39 is 22.6 Å². The number of rotatable bonds is 2. The highest BCUT2D eigenvalue weighted by Gasteiger charge is 2.35. The summed E-state index contributed by atoms with van der Waals surface area (Å²) in [7, 11) is 0. The van der Waals surface area contributed by atoms with Crippen LogP contribution in [0.1, 0.15) is 28.4 Å². The van der Waals surface area contributed by atoms with Crippen LogP contribution < -0.4 is 0 Å². The largest absolute Gasteiger partial charge is 0.462 e. The first-order valence-corrected chi connectivity index (χ1v) is 5.27. The second-order valence-electron chi connectivity index (χ2n) is 3.25. The Balaban J connectivity index is 3.41. The van der Waals surface area contributed by atoms with Crippen LogP contribution in [0.25, 0.3) is 0 Å². The summed E-state index contributed by atoms with van der Waals surface area (Å²) in [5.74, 6) is -0.909. The second-order valence-corrected chi connectivity index (χ2v) is 3.70. The van der Waals surface area contributed by atoms with Gasteiger partial charge in [0.1, 0.15) is 6.07 Å². The molecule has 0 saturated carbocycles. The van der Waals surface area contributed by atoms with Gasteiger partial charge in [0.25, 0.3) is 0 Å². The highest BCUT2D eigenvalue weighted by molar-refractivity contribution is 7.80. The molecule has 0 amide bonds. The Morgan fingerprint density at radius 2 is 2.11 bits per heavy atom. The molecule has 0 atom stereocenters. The highest BCUT2D eigenvalue weighted by atomic mass is 32.1. The van der Waals surface area contributed by atoms with E-state index in [1.807, 2.05) is 0 Å². The van der Waals surface area contributed by atoms with Crippen molar-refractivity contribution in [1.29, 1.82) is 5.26 Å². The van der Waals surface area contributed by atoms with E-state index in [4.69, 9.17) is 5.26 Å². The van der Waals surface area contributed by atoms with Crippen molar-refractivity contribution in [1.82, 2.24) is 0 Å². The van der Waals surface area contributed by atoms with E-state index in [0.717, 1.165) is 6.07 Å². The molecule has 0 aliphatic heterocycles. The molecule has 18 heavy (non-hydrogen) atoms. The van der Waals surface area contributed by atoms with Gasteiger partial charge >= 0.3 is 12.1 Å². The van der Waals surface area contributed by atoms with Gasteiger partial charge in [-0.15, -0.1) is 12.6 Å². The van der Waals surface area contributed by atoms with Crippen molar-refractivity contribution in [3.63, 3.8) is 0 Å². The van der Waals surface area contributed by atoms with Crippen LogP contribution in [-0.2, 0) is 10.9 Å². The number of alkyl halides is 3. The van der Waals surface area contributed by atoms with Crippen LogP contribution in [0.3, 0.4) is 0 Å². The smallest absolute Gasteiger partial charge is 0.417 e. The molecule has 96 valence electrons. The maximum absolute atomic E-state index is 12.7. The van der Waals surface area contributed by atoms with E-state index >= 15 is 0 Å². The fourth-order valence-electron chi connectivity index (χ4n) is 1.27. The van der Waals surface area contributed by atoms with Crippen molar-refractivity contribution in [2.24, 2.45) is 0 Å². The highest BCUT2D eigenvalue weighted by Crippen LogP contribution is 2.36. The molecule has 3 nitrogen and oxygen atoms in total. The third-order valence-electron chi connectivity index (χ3n) is 2.05. The molecule has 0 aliphatic carbocycles. The van der Waals surface area contributed by atoms with Crippen LogP contribution >= 0.6 is 12.6 Å². The standard InChI is InChI=1S/C11H8F3NO2S/c1-2-17-10(16)6-3-7(5-15)9(18)8(4-6)11(12,13)14/h3-4,18H,2H2,1H3. The van der Waals surface area contributed by atoms with Crippen molar-refractivity contribution in [3.05, 3.63) is 28.8 Å². The van der Waals surface area contributed by atoms with Crippen LogP contribution in [-0.4, -0.2) is 12.6 Å². The zero-order valence-corrected chi connectivity index (χ0v) is 10.1. The number of hydrogen-bond donors (Lipinski definition) is 1. The van der Waals surface area contributed by atoms with E-state index in [1.165, 1.54) is 6.92 Å². The topological polar surface area (TPSA) is 50.1 Å². The lowest BCUT2D eigenvalue weighted by Gasteiger charge is -2.12. The van der Waals surface area contributed by atoms with Gasteiger partial charge in [-0.1, -0.05) is 0 Å². The summed E-state index contributed by atoms with van der Waals surface area (Å²) in [6.45, 7) is 1.56. The molecule has 7 heteroatoms. The number of nitriles is 1. The first-order valence-electron chi connectivity index (χ1n) is 4.82. The number of hydrogen-bond acceptors (Lipinski definition) is 4. The van der Waals surface area contributed by atoms with E-state index in [0.29, 0.717) is 6.07 Å². The Morgan fingerprint density at radius 1 is 1.50 bits per heavy atom. The molecule has 1 aromatic rings. The number of carbonyl (C=O) groups is 1. The quantitative estimate of drug-likeness (QED) is 0.666. The summed E-state index contributed by atoms with van der Waals surface area (Å²) in [6.07, 6.45) is -4.69. The van der Waals surface area contributed by atoms with E-state index in [-0.39, 0.29) is 17.7 Å². The Labute approximate surface area is 107 Å². The molecule has 0 aliphatic rings. The summed E-state index contributed by atoms with van der Waals surface area (Å²) < 4.78 is 42.6. The van der Waals surface area contributed by atoms with Crippen LogP contribution in [0.2, 0.25) is 0 Å².